The van der Waals surface area contributed by atoms with Crippen molar-refractivity contribution in [2.75, 3.05) is 10.6 Å². The molecule has 0 saturated heterocycles. The van der Waals surface area contributed by atoms with Crippen molar-refractivity contribution in [3.8, 4) is 17.5 Å². The maximum Gasteiger partial charge on any atom is 0.300 e. The van der Waals surface area contributed by atoms with E-state index in [4.69, 9.17) is 0 Å². The van der Waals surface area contributed by atoms with Crippen molar-refractivity contribution in [1.82, 2.24) is 9.55 Å². The van der Waals surface area contributed by atoms with Gasteiger partial charge in [-0.2, -0.15) is 0 Å². The Labute approximate surface area is 197 Å². The molecule has 0 aliphatic heterocycles. The van der Waals surface area contributed by atoms with Crippen molar-refractivity contribution in [3.05, 3.63) is 69.9 Å². The fourth-order valence-electron chi connectivity index (χ4n) is 3.32. The van der Waals surface area contributed by atoms with Crippen molar-refractivity contribution in [2.45, 2.75) is 20.0 Å². The lowest BCUT2D eigenvalue weighted by Crippen LogP contribution is -2.14. The number of amides is 2. The number of halogens is 2. The number of anilines is 2. The van der Waals surface area contributed by atoms with Crippen LogP contribution in [0.15, 0.2) is 54.6 Å². The van der Waals surface area contributed by atoms with E-state index in [-0.39, 0.29) is 22.3 Å². The summed E-state index contributed by atoms with van der Waals surface area (Å²) in [6.45, 7) is 1.37. The number of imidazole rings is 1. The third kappa shape index (κ3) is 4.80. The largest absolute Gasteiger partial charge is 0.392 e. The molecule has 4 aromatic rings. The fraction of sp³-hybridized carbons (Fsp3) is 0.125. The Hall–Kier alpha value is -4.07. The number of aromatic nitrogens is 2. The van der Waals surface area contributed by atoms with Gasteiger partial charge in [-0.15, -0.1) is 11.3 Å². The summed E-state index contributed by atoms with van der Waals surface area (Å²) in [5.41, 5.74) is 2.83. The number of hydrogen-bond donors (Lipinski definition) is 3. The second-order valence-corrected chi connectivity index (χ2v) is 8.20. The van der Waals surface area contributed by atoms with Gasteiger partial charge in [0.2, 0.25) is 5.95 Å². The van der Waals surface area contributed by atoms with Crippen LogP contribution in [0.1, 0.15) is 33.5 Å². The van der Waals surface area contributed by atoms with Crippen molar-refractivity contribution in [2.24, 2.45) is 0 Å². The average Bonchev–Trinajstić information content (AvgIpc) is 3.44. The normalized spacial score (nSPS) is 10.7. The lowest BCUT2D eigenvalue weighted by molar-refractivity contribution is -0.111. The first kappa shape index (κ1) is 23.1. The van der Waals surface area contributed by atoms with E-state index < -0.39 is 18.2 Å². The van der Waals surface area contributed by atoms with Gasteiger partial charge in [-0.05, 0) is 60.9 Å². The van der Waals surface area contributed by atoms with Gasteiger partial charge in [-0.3, -0.25) is 19.5 Å². The number of benzene rings is 2. The van der Waals surface area contributed by atoms with Gasteiger partial charge >= 0.3 is 0 Å². The van der Waals surface area contributed by atoms with E-state index in [0.717, 1.165) is 0 Å². The van der Waals surface area contributed by atoms with Crippen molar-refractivity contribution < 1.29 is 23.5 Å². The average molecular weight is 480 g/mol. The molecule has 0 unspecified atom stereocenters. The fourth-order valence-corrected chi connectivity index (χ4v) is 4.08. The maximum atomic E-state index is 12.9. The zero-order chi connectivity index (χ0) is 24.2. The minimum absolute atomic E-state index is 0.115. The molecule has 2 aromatic heterocycles. The standard InChI is InChI=1S/C24H18F2N4O3S/c1-2-4-21(32)27-15-5-3-6-16(12-15)30-18-8-7-14(13-31)11-17(18)28-24(30)29-23(33)20-10-9-19(34-20)22(25)26/h3,5-12,22,31H,13H2,1H3,(H,27,32)(H,28,29,33). The Morgan fingerprint density at radius 3 is 2.68 bits per heavy atom. The summed E-state index contributed by atoms with van der Waals surface area (Å²) < 4.78 is 27.6. The molecule has 0 fully saturated rings. The lowest BCUT2D eigenvalue weighted by Gasteiger charge is -2.11. The van der Waals surface area contributed by atoms with Crippen LogP contribution in [0, 0.1) is 11.8 Å². The summed E-state index contributed by atoms with van der Waals surface area (Å²) in [6.07, 6.45) is -2.66. The van der Waals surface area contributed by atoms with E-state index >= 15 is 0 Å². The number of aliphatic hydroxyl groups is 1. The monoisotopic (exact) mass is 480 g/mol. The molecule has 0 saturated carbocycles. The zero-order valence-corrected chi connectivity index (χ0v) is 18.6. The number of nitrogens with zero attached hydrogens (tertiary/aromatic N) is 2. The van der Waals surface area contributed by atoms with Crippen LogP contribution in [0.5, 0.6) is 0 Å². The topological polar surface area (TPSA) is 96.3 Å². The smallest absolute Gasteiger partial charge is 0.300 e. The molecule has 2 amide bonds. The molecular weight excluding hydrogens is 462 g/mol. The van der Waals surface area contributed by atoms with E-state index in [1.807, 2.05) is 0 Å². The molecule has 172 valence electrons. The molecule has 0 radical (unpaired) electrons. The van der Waals surface area contributed by atoms with Crippen LogP contribution < -0.4 is 10.6 Å². The molecule has 0 aliphatic rings. The quantitative estimate of drug-likeness (QED) is 0.348. The Bertz CT molecular complexity index is 1450. The Balaban J connectivity index is 1.77. The van der Waals surface area contributed by atoms with Gasteiger partial charge < -0.3 is 10.4 Å². The van der Waals surface area contributed by atoms with E-state index in [1.54, 1.807) is 54.0 Å². The van der Waals surface area contributed by atoms with Crippen LogP contribution in [-0.2, 0) is 11.4 Å². The van der Waals surface area contributed by atoms with Gasteiger partial charge in [0.1, 0.15) is 0 Å². The number of rotatable bonds is 6. The van der Waals surface area contributed by atoms with Crippen molar-refractivity contribution in [1.29, 1.82) is 0 Å². The lowest BCUT2D eigenvalue weighted by atomic mass is 10.2. The first-order valence-corrected chi connectivity index (χ1v) is 10.9. The van der Waals surface area contributed by atoms with Gasteiger partial charge in [-0.25, -0.2) is 13.8 Å². The molecule has 0 atom stereocenters. The number of fused-ring (bicyclic) bond motifs is 1. The van der Waals surface area contributed by atoms with Gasteiger partial charge in [0, 0.05) is 5.69 Å². The molecule has 0 spiro atoms. The van der Waals surface area contributed by atoms with E-state index in [9.17, 15) is 23.5 Å². The molecule has 0 aliphatic carbocycles. The first-order valence-electron chi connectivity index (χ1n) is 10.0. The van der Waals surface area contributed by atoms with Gasteiger partial charge in [0.05, 0.1) is 33.1 Å². The highest BCUT2D eigenvalue weighted by Gasteiger charge is 2.19. The summed E-state index contributed by atoms with van der Waals surface area (Å²) in [5.74, 6) is 4.03. The van der Waals surface area contributed by atoms with Crippen LogP contribution in [0.25, 0.3) is 16.7 Å². The minimum atomic E-state index is -2.66. The summed E-state index contributed by atoms with van der Waals surface area (Å²) in [5, 5.41) is 14.8. The maximum absolute atomic E-state index is 12.9. The predicted octanol–water partition coefficient (Wildman–Crippen LogP) is 4.73. The molecule has 10 heteroatoms. The Kier molecular flexibility index (Phi) is 6.67. The number of aliphatic hydroxyl groups excluding tert-OH is 1. The predicted molar refractivity (Wildman–Crippen MR) is 126 cm³/mol. The molecule has 3 N–H and O–H groups in total. The molecule has 4 rings (SSSR count). The highest BCUT2D eigenvalue weighted by Crippen LogP contribution is 2.30. The molecule has 7 nitrogen and oxygen atoms in total. The Morgan fingerprint density at radius 1 is 1.15 bits per heavy atom. The second kappa shape index (κ2) is 9.82. The van der Waals surface area contributed by atoms with E-state index in [1.165, 1.54) is 12.1 Å². The molecule has 0 bridgehead atoms. The van der Waals surface area contributed by atoms with Crippen LogP contribution in [-0.4, -0.2) is 26.5 Å². The summed E-state index contributed by atoms with van der Waals surface area (Å²) in [4.78, 5) is 29.1. The van der Waals surface area contributed by atoms with Crippen molar-refractivity contribution >= 4 is 45.8 Å². The summed E-state index contributed by atoms with van der Waals surface area (Å²) >= 11 is 0.704. The Morgan fingerprint density at radius 2 is 1.97 bits per heavy atom. The van der Waals surface area contributed by atoms with E-state index in [0.29, 0.717) is 39.3 Å². The number of thiophene rings is 1. The van der Waals surface area contributed by atoms with Crippen LogP contribution >= 0.6 is 11.3 Å². The molecular formula is C24H18F2N4O3S. The van der Waals surface area contributed by atoms with Gasteiger partial charge in [-0.1, -0.05) is 18.1 Å². The summed E-state index contributed by atoms with van der Waals surface area (Å²) in [6, 6.07) is 14.6. The summed E-state index contributed by atoms with van der Waals surface area (Å²) in [7, 11) is 0. The molecule has 2 heterocycles. The SMILES string of the molecule is CC#CC(=O)Nc1cccc(-n2c(NC(=O)c3ccc(C(F)F)s3)nc3cc(CO)ccc32)c1. The minimum Gasteiger partial charge on any atom is -0.392 e. The van der Waals surface area contributed by atoms with Crippen LogP contribution in [0.2, 0.25) is 0 Å². The third-order valence-electron chi connectivity index (χ3n) is 4.79. The third-order valence-corrected chi connectivity index (χ3v) is 5.88. The number of hydrogen-bond acceptors (Lipinski definition) is 5. The molecule has 34 heavy (non-hydrogen) atoms. The van der Waals surface area contributed by atoms with Gasteiger partial charge in [0.15, 0.2) is 0 Å². The van der Waals surface area contributed by atoms with Crippen LogP contribution in [0.4, 0.5) is 20.4 Å². The number of carbonyl (C=O) groups is 2. The van der Waals surface area contributed by atoms with Gasteiger partial charge in [0.25, 0.3) is 18.2 Å². The van der Waals surface area contributed by atoms with E-state index in [2.05, 4.69) is 27.5 Å². The first-order chi connectivity index (χ1) is 16.4. The highest BCUT2D eigenvalue weighted by atomic mass is 32.1. The van der Waals surface area contributed by atoms with Crippen LogP contribution in [0.3, 0.4) is 0 Å². The molecule has 2 aromatic carbocycles. The zero-order valence-electron chi connectivity index (χ0n) is 17.8. The number of alkyl halides is 2. The number of nitrogens with one attached hydrogen (secondary N) is 2. The second-order valence-electron chi connectivity index (χ2n) is 7.09. The number of carbonyl (C=O) groups excluding carboxylic acids is 2. The van der Waals surface area contributed by atoms with Crippen molar-refractivity contribution in [3.63, 3.8) is 0 Å². The highest BCUT2D eigenvalue weighted by molar-refractivity contribution is 7.14.